The van der Waals surface area contributed by atoms with Crippen LogP contribution in [-0.4, -0.2) is 0 Å². The van der Waals surface area contributed by atoms with E-state index in [1.807, 2.05) is 0 Å². The van der Waals surface area contributed by atoms with Crippen molar-refractivity contribution in [1.29, 1.82) is 0 Å². The summed E-state index contributed by atoms with van der Waals surface area (Å²) >= 11 is 1.59. The van der Waals surface area contributed by atoms with Crippen molar-refractivity contribution in [1.82, 2.24) is 0 Å². The van der Waals surface area contributed by atoms with Gasteiger partial charge in [0.1, 0.15) is 0 Å². The molecule has 2 aliphatic carbocycles. The average Bonchev–Trinajstić information content (AvgIpc) is 3.19. The van der Waals surface area contributed by atoms with Gasteiger partial charge in [-0.2, -0.15) is 0 Å². The van der Waals surface area contributed by atoms with E-state index >= 15 is 0 Å². The van der Waals surface area contributed by atoms with Crippen LogP contribution in [0, 0.1) is 5.41 Å². The zero-order valence-electron chi connectivity index (χ0n) is 17.2. The van der Waals surface area contributed by atoms with E-state index in [-0.39, 0.29) is 30.2 Å². The van der Waals surface area contributed by atoms with Crippen LogP contribution in [0.4, 0.5) is 0 Å². The van der Waals surface area contributed by atoms with Gasteiger partial charge >= 0.3 is 174 Å². The quantitative estimate of drug-likeness (QED) is 0.595. The van der Waals surface area contributed by atoms with Gasteiger partial charge in [0.2, 0.25) is 0 Å². The number of hydrogen-bond donors (Lipinski definition) is 0. The molecule has 0 spiro atoms. The molecule has 0 saturated heterocycles. The van der Waals surface area contributed by atoms with Gasteiger partial charge in [0, 0.05) is 0 Å². The molecule has 4 rings (SSSR count). The molecular weight excluding hydrogens is 462 g/mol. The van der Waals surface area contributed by atoms with Crippen LogP contribution in [0.2, 0.25) is 0 Å². The van der Waals surface area contributed by atoms with Crippen molar-refractivity contribution in [3.8, 4) is 11.1 Å². The maximum Gasteiger partial charge on any atom is -1.00 e. The first-order valence-electron chi connectivity index (χ1n) is 9.68. The van der Waals surface area contributed by atoms with E-state index in [9.17, 15) is 0 Å². The maximum absolute atomic E-state index is 2.48. The molecule has 0 aliphatic heterocycles. The minimum absolute atomic E-state index is 0. The fourth-order valence-corrected chi connectivity index (χ4v) is 5.74. The Bertz CT molecular complexity index is 946. The molecule has 0 fully saturated rings. The van der Waals surface area contributed by atoms with Crippen LogP contribution in [0.1, 0.15) is 72.8 Å². The van der Waals surface area contributed by atoms with Crippen LogP contribution in [0.15, 0.2) is 54.1 Å². The van der Waals surface area contributed by atoms with Gasteiger partial charge in [-0.1, -0.05) is 0 Å². The number of benzene rings is 2. The molecule has 0 amide bonds. The average molecular weight is 490 g/mol. The summed E-state index contributed by atoms with van der Waals surface area (Å²) in [6.45, 7) is 11.6. The largest absolute Gasteiger partial charge is 1.00 e. The number of hydrogen-bond acceptors (Lipinski definition) is 0. The van der Waals surface area contributed by atoms with E-state index in [0.717, 1.165) is 6.42 Å². The van der Waals surface area contributed by atoms with E-state index in [0.29, 0.717) is 9.54 Å². The van der Waals surface area contributed by atoms with E-state index in [4.69, 9.17) is 0 Å². The van der Waals surface area contributed by atoms with Gasteiger partial charge < -0.3 is 24.8 Å². The number of fused-ring (bicyclic) bond motifs is 3. The molecule has 0 saturated carbocycles. The molecule has 0 N–H and O–H groups in total. The molecule has 2 aromatic rings. The van der Waals surface area contributed by atoms with Crippen LogP contribution < -0.4 is 24.8 Å². The third-order valence-corrected chi connectivity index (χ3v) is 7.28. The normalized spacial score (nSPS) is 17.4. The minimum Gasteiger partial charge on any atom is -1.00 e. The van der Waals surface area contributed by atoms with Crippen molar-refractivity contribution in [2.75, 3.05) is 0 Å². The maximum atomic E-state index is 2.48. The summed E-state index contributed by atoms with van der Waals surface area (Å²) in [7, 11) is 0. The number of allylic oxidation sites excluding steroid dienone is 4. The van der Waals surface area contributed by atoms with Gasteiger partial charge in [-0.05, 0) is 0 Å². The van der Waals surface area contributed by atoms with Crippen molar-refractivity contribution >= 4 is 5.57 Å². The monoisotopic (exact) mass is 487 g/mol. The molecule has 0 bridgehead atoms. The summed E-state index contributed by atoms with van der Waals surface area (Å²) in [5.41, 5.74) is 12.3. The summed E-state index contributed by atoms with van der Waals surface area (Å²) < 4.78 is 0.557. The molecule has 2 aliphatic rings. The minimum atomic E-state index is 0. The van der Waals surface area contributed by atoms with E-state index < -0.39 is 0 Å². The Kier molecular flexibility index (Phi) is 7.29. The molecular formula is C25H27Cl2Zr. The van der Waals surface area contributed by atoms with Crippen molar-refractivity contribution in [2.24, 2.45) is 5.41 Å². The van der Waals surface area contributed by atoms with E-state index in [1.54, 1.807) is 35.8 Å². The van der Waals surface area contributed by atoms with Crippen molar-refractivity contribution < 1.29 is 49.5 Å². The van der Waals surface area contributed by atoms with Gasteiger partial charge in [-0.15, -0.1) is 0 Å². The summed E-state index contributed by atoms with van der Waals surface area (Å²) in [5.74, 6) is 0.543. The molecule has 28 heavy (non-hydrogen) atoms. The van der Waals surface area contributed by atoms with Gasteiger partial charge in [0.15, 0.2) is 0 Å². The van der Waals surface area contributed by atoms with Crippen molar-refractivity contribution in [3.63, 3.8) is 0 Å². The van der Waals surface area contributed by atoms with E-state index in [2.05, 4.69) is 83.2 Å². The smallest absolute Gasteiger partial charge is 1.00 e. The van der Waals surface area contributed by atoms with Crippen LogP contribution in [0.25, 0.3) is 16.7 Å². The first-order chi connectivity index (χ1) is 12.3. The Labute approximate surface area is 197 Å². The van der Waals surface area contributed by atoms with Gasteiger partial charge in [0.05, 0.1) is 0 Å². The summed E-state index contributed by atoms with van der Waals surface area (Å²) in [5, 5.41) is 0. The van der Waals surface area contributed by atoms with Crippen molar-refractivity contribution in [2.45, 2.75) is 50.6 Å². The Morgan fingerprint density at radius 3 is 2.25 bits per heavy atom. The zero-order valence-corrected chi connectivity index (χ0v) is 21.2. The van der Waals surface area contributed by atoms with E-state index in [1.165, 1.54) is 33.4 Å². The first-order valence-corrected chi connectivity index (χ1v) is 11.1. The molecule has 2 aromatic carbocycles. The summed E-state index contributed by atoms with van der Waals surface area (Å²) in [6.07, 6.45) is 5.99. The van der Waals surface area contributed by atoms with Gasteiger partial charge in [-0.25, -0.2) is 0 Å². The van der Waals surface area contributed by atoms with Gasteiger partial charge in [-0.3, -0.25) is 0 Å². The molecule has 0 radical (unpaired) electrons. The van der Waals surface area contributed by atoms with Crippen LogP contribution in [-0.2, 0) is 24.7 Å². The Hall–Kier alpha value is -0.617. The predicted molar refractivity (Wildman–Crippen MR) is 108 cm³/mol. The number of halogens is 2. The van der Waals surface area contributed by atoms with Crippen LogP contribution >= 0.6 is 0 Å². The van der Waals surface area contributed by atoms with Gasteiger partial charge in [0.25, 0.3) is 0 Å². The standard InChI is InChI=1S/C25H27.2ClH.Zr/c1-16(2)20-12-13-22-21-9-7-6-8-17(21)15-23(22)24(20)18-10-11-19(14-18)25(3,4)5;;;/h6-9,11-16H,10H2,1-5H3;2*1H;/q;;;+2/p-2. The molecule has 0 aromatic heterocycles. The second kappa shape index (κ2) is 8.63. The summed E-state index contributed by atoms with van der Waals surface area (Å²) in [4.78, 5) is 0. The Morgan fingerprint density at radius 2 is 1.64 bits per heavy atom. The predicted octanol–water partition coefficient (Wildman–Crippen LogP) is 1.19. The zero-order chi connectivity index (χ0) is 18.6. The number of rotatable bonds is 2. The SMILES string of the molecule is CC(C)c1ccc2c(c1C1=CC(C(C)(C)C)=CC1)[CH]([Zr+2])c1ccccc1-2.[Cl-].[Cl-]. The molecule has 145 valence electrons. The third kappa shape index (κ3) is 3.88. The third-order valence-electron chi connectivity index (χ3n) is 5.81. The molecule has 1 unspecified atom stereocenters. The molecule has 1 atom stereocenters. The Morgan fingerprint density at radius 1 is 0.964 bits per heavy atom. The van der Waals surface area contributed by atoms with Crippen LogP contribution in [0.3, 0.4) is 0 Å². The van der Waals surface area contributed by atoms with Crippen molar-refractivity contribution in [3.05, 3.63) is 76.4 Å². The summed E-state index contributed by atoms with van der Waals surface area (Å²) in [6, 6.07) is 13.8. The second-order valence-corrected chi connectivity index (χ2v) is 10.4. The van der Waals surface area contributed by atoms with Crippen LogP contribution in [0.5, 0.6) is 0 Å². The molecule has 3 heteroatoms. The fraction of sp³-hybridized carbons (Fsp3) is 0.360. The topological polar surface area (TPSA) is 0 Å². The fourth-order valence-electron chi connectivity index (χ4n) is 4.38. The first kappa shape index (κ1) is 23.7. The Balaban J connectivity index is 0.00000140. The molecule has 0 heterocycles. The molecule has 0 nitrogen and oxygen atoms in total. The second-order valence-electron chi connectivity index (χ2n) is 8.95.